The SMILES string of the molecule is Cc1ccc(-c2nnc(OC(C)C(=O)Nc3ccc([N+](=O)[O-])cc3Cl)c3ccccc23)cc1. The minimum atomic E-state index is -0.931. The van der Waals surface area contributed by atoms with E-state index in [4.69, 9.17) is 16.3 Å². The lowest BCUT2D eigenvalue weighted by molar-refractivity contribution is -0.384. The zero-order chi connectivity index (χ0) is 23.5. The molecule has 0 radical (unpaired) electrons. The summed E-state index contributed by atoms with van der Waals surface area (Å²) in [5.41, 5.74) is 2.86. The Morgan fingerprint density at radius 1 is 1.06 bits per heavy atom. The van der Waals surface area contributed by atoms with E-state index in [0.29, 0.717) is 5.69 Å². The maximum atomic E-state index is 12.7. The molecule has 8 nitrogen and oxygen atoms in total. The normalized spacial score (nSPS) is 11.7. The van der Waals surface area contributed by atoms with E-state index in [1.54, 1.807) is 6.92 Å². The molecule has 33 heavy (non-hydrogen) atoms. The van der Waals surface area contributed by atoms with Gasteiger partial charge in [-0.05, 0) is 26.0 Å². The number of non-ortho nitro benzene ring substituents is 1. The van der Waals surface area contributed by atoms with Gasteiger partial charge in [0.05, 0.1) is 15.6 Å². The molecule has 0 saturated heterocycles. The smallest absolute Gasteiger partial charge is 0.271 e. The van der Waals surface area contributed by atoms with Crippen molar-refractivity contribution in [2.45, 2.75) is 20.0 Å². The molecule has 0 saturated carbocycles. The molecule has 1 amide bonds. The second-order valence-electron chi connectivity index (χ2n) is 7.44. The monoisotopic (exact) mass is 462 g/mol. The predicted octanol–water partition coefficient (Wildman–Crippen LogP) is 5.57. The van der Waals surface area contributed by atoms with Crippen LogP contribution in [0.1, 0.15) is 12.5 Å². The number of ether oxygens (including phenoxy) is 1. The fourth-order valence-electron chi connectivity index (χ4n) is 3.27. The molecule has 0 fully saturated rings. The number of hydrogen-bond acceptors (Lipinski definition) is 6. The number of halogens is 1. The summed E-state index contributed by atoms with van der Waals surface area (Å²) in [5.74, 6) is -0.266. The molecule has 166 valence electrons. The lowest BCUT2D eigenvalue weighted by Crippen LogP contribution is -2.30. The minimum absolute atomic E-state index is 0.0532. The summed E-state index contributed by atoms with van der Waals surface area (Å²) in [6.07, 6.45) is -0.931. The highest BCUT2D eigenvalue weighted by molar-refractivity contribution is 6.34. The van der Waals surface area contributed by atoms with Crippen molar-refractivity contribution in [3.05, 3.63) is 87.4 Å². The van der Waals surface area contributed by atoms with Gasteiger partial charge in [-0.2, -0.15) is 0 Å². The van der Waals surface area contributed by atoms with Gasteiger partial charge >= 0.3 is 0 Å². The molecular weight excluding hydrogens is 444 g/mol. The Morgan fingerprint density at radius 3 is 2.42 bits per heavy atom. The molecule has 1 atom stereocenters. The summed E-state index contributed by atoms with van der Waals surface area (Å²) in [7, 11) is 0. The zero-order valence-electron chi connectivity index (χ0n) is 17.8. The van der Waals surface area contributed by atoms with E-state index in [-0.39, 0.29) is 22.3 Å². The number of rotatable bonds is 6. The van der Waals surface area contributed by atoms with Crippen LogP contribution in [0.25, 0.3) is 22.0 Å². The molecule has 0 spiro atoms. The van der Waals surface area contributed by atoms with Crippen molar-refractivity contribution in [1.82, 2.24) is 10.2 Å². The molecule has 4 rings (SSSR count). The van der Waals surface area contributed by atoms with Crippen molar-refractivity contribution in [3.8, 4) is 17.1 Å². The fourth-order valence-corrected chi connectivity index (χ4v) is 3.49. The number of aromatic nitrogens is 2. The number of nitrogens with one attached hydrogen (secondary N) is 1. The molecule has 1 N–H and O–H groups in total. The highest BCUT2D eigenvalue weighted by Gasteiger charge is 2.20. The number of aryl methyl sites for hydroxylation is 1. The molecule has 0 aliphatic carbocycles. The van der Waals surface area contributed by atoms with Crippen LogP contribution >= 0.6 is 11.6 Å². The van der Waals surface area contributed by atoms with Crippen molar-refractivity contribution in [1.29, 1.82) is 0 Å². The van der Waals surface area contributed by atoms with Crippen LogP contribution in [-0.2, 0) is 4.79 Å². The van der Waals surface area contributed by atoms with Crippen LogP contribution in [0, 0.1) is 17.0 Å². The van der Waals surface area contributed by atoms with Gasteiger partial charge in [0.15, 0.2) is 6.10 Å². The minimum Gasteiger partial charge on any atom is -0.463 e. The maximum absolute atomic E-state index is 12.7. The van der Waals surface area contributed by atoms with Crippen LogP contribution in [0.3, 0.4) is 0 Å². The van der Waals surface area contributed by atoms with Crippen molar-refractivity contribution in [2.24, 2.45) is 0 Å². The van der Waals surface area contributed by atoms with E-state index in [0.717, 1.165) is 21.9 Å². The van der Waals surface area contributed by atoms with Crippen molar-refractivity contribution < 1.29 is 14.5 Å². The molecular formula is C24H19ClN4O4. The first-order chi connectivity index (χ1) is 15.8. The molecule has 4 aromatic rings. The maximum Gasteiger partial charge on any atom is 0.271 e. The standard InChI is InChI=1S/C24H19ClN4O4/c1-14-7-9-16(10-8-14)22-18-5-3-4-6-19(18)24(28-27-22)33-15(2)23(30)26-21-12-11-17(29(31)32)13-20(21)25/h3-13,15H,1-2H3,(H,26,30). The molecule has 9 heteroatoms. The molecule has 3 aromatic carbocycles. The number of carbonyl (C=O) groups excluding carboxylic acids is 1. The van der Waals surface area contributed by atoms with E-state index in [1.165, 1.54) is 18.2 Å². The van der Waals surface area contributed by atoms with E-state index in [9.17, 15) is 14.9 Å². The quantitative estimate of drug-likeness (QED) is 0.296. The largest absolute Gasteiger partial charge is 0.463 e. The number of nitrogens with zero attached hydrogens (tertiary/aromatic N) is 3. The summed E-state index contributed by atoms with van der Waals surface area (Å²) < 4.78 is 5.84. The Balaban J connectivity index is 1.57. The van der Waals surface area contributed by atoms with Gasteiger partial charge in [-0.25, -0.2) is 0 Å². The molecule has 1 aromatic heterocycles. The molecule has 0 bridgehead atoms. The first-order valence-electron chi connectivity index (χ1n) is 10.1. The van der Waals surface area contributed by atoms with Gasteiger partial charge in [0.1, 0.15) is 5.69 Å². The summed E-state index contributed by atoms with van der Waals surface area (Å²) in [5, 5.41) is 23.7. The molecule has 0 aliphatic heterocycles. The van der Waals surface area contributed by atoms with Crippen molar-refractivity contribution >= 4 is 39.7 Å². The fraction of sp³-hybridized carbons (Fsp3) is 0.125. The zero-order valence-corrected chi connectivity index (χ0v) is 18.5. The first-order valence-corrected chi connectivity index (χ1v) is 10.4. The van der Waals surface area contributed by atoms with Gasteiger partial charge in [0.2, 0.25) is 5.88 Å². The van der Waals surface area contributed by atoms with Crippen molar-refractivity contribution in [3.63, 3.8) is 0 Å². The number of benzene rings is 3. The lowest BCUT2D eigenvalue weighted by Gasteiger charge is -2.16. The van der Waals surface area contributed by atoms with E-state index < -0.39 is 16.9 Å². The van der Waals surface area contributed by atoms with Crippen molar-refractivity contribution in [2.75, 3.05) is 5.32 Å². The van der Waals surface area contributed by atoms with Gasteiger partial charge in [0, 0.05) is 28.5 Å². The lowest BCUT2D eigenvalue weighted by atomic mass is 10.0. The number of amides is 1. The molecule has 1 heterocycles. The third kappa shape index (κ3) is 4.75. The van der Waals surface area contributed by atoms with Crippen LogP contribution in [0.15, 0.2) is 66.7 Å². The number of fused-ring (bicyclic) bond motifs is 1. The van der Waals surface area contributed by atoms with E-state index >= 15 is 0 Å². The van der Waals surface area contributed by atoms with Crippen LogP contribution in [0.4, 0.5) is 11.4 Å². The van der Waals surface area contributed by atoms with Gasteiger partial charge in [-0.15, -0.1) is 10.2 Å². The van der Waals surface area contributed by atoms with Crippen LogP contribution < -0.4 is 10.1 Å². The first kappa shape index (κ1) is 22.2. The molecule has 0 aliphatic rings. The summed E-state index contributed by atoms with van der Waals surface area (Å²) >= 11 is 6.06. The number of carbonyl (C=O) groups is 1. The Morgan fingerprint density at radius 2 is 1.76 bits per heavy atom. The molecule has 1 unspecified atom stereocenters. The van der Waals surface area contributed by atoms with E-state index in [2.05, 4.69) is 15.5 Å². The Kier molecular flexibility index (Phi) is 6.19. The summed E-state index contributed by atoms with van der Waals surface area (Å²) in [6.45, 7) is 3.58. The second-order valence-corrected chi connectivity index (χ2v) is 7.84. The number of hydrogen-bond donors (Lipinski definition) is 1. The van der Waals surface area contributed by atoms with Crippen LogP contribution in [0.2, 0.25) is 5.02 Å². The number of nitro groups is 1. The van der Waals surface area contributed by atoms with Crippen LogP contribution in [0.5, 0.6) is 5.88 Å². The van der Waals surface area contributed by atoms with Gasteiger partial charge in [0.25, 0.3) is 11.6 Å². The Labute approximate surface area is 194 Å². The number of nitro benzene ring substituents is 1. The van der Waals surface area contributed by atoms with E-state index in [1.807, 2.05) is 55.5 Å². The predicted molar refractivity (Wildman–Crippen MR) is 127 cm³/mol. The third-order valence-corrected chi connectivity index (χ3v) is 5.37. The average Bonchev–Trinajstić information content (AvgIpc) is 2.81. The van der Waals surface area contributed by atoms with Gasteiger partial charge in [-0.3, -0.25) is 14.9 Å². The summed E-state index contributed by atoms with van der Waals surface area (Å²) in [4.78, 5) is 23.0. The highest BCUT2D eigenvalue weighted by Crippen LogP contribution is 2.32. The van der Waals surface area contributed by atoms with Crippen LogP contribution in [-0.4, -0.2) is 27.1 Å². The van der Waals surface area contributed by atoms with Gasteiger partial charge < -0.3 is 10.1 Å². The second kappa shape index (κ2) is 9.22. The highest BCUT2D eigenvalue weighted by atomic mass is 35.5. The Bertz CT molecular complexity index is 1360. The summed E-state index contributed by atoms with van der Waals surface area (Å²) in [6, 6.07) is 19.3. The average molecular weight is 463 g/mol. The topological polar surface area (TPSA) is 107 Å². The number of anilines is 1. The Hall–Kier alpha value is -4.04. The van der Waals surface area contributed by atoms with Gasteiger partial charge in [-0.1, -0.05) is 59.6 Å². The third-order valence-electron chi connectivity index (χ3n) is 5.06.